The van der Waals surface area contributed by atoms with Gasteiger partial charge in [0.15, 0.2) is 6.29 Å². The van der Waals surface area contributed by atoms with E-state index in [1.54, 1.807) is 29.0 Å². The average Bonchev–Trinajstić information content (AvgIpc) is 3.28. The molecule has 2 aliphatic rings. The molecule has 0 spiro atoms. The number of para-hydroxylation sites is 1. The van der Waals surface area contributed by atoms with Crippen LogP contribution < -0.4 is 16.4 Å². The molecule has 2 aromatic rings. The van der Waals surface area contributed by atoms with Gasteiger partial charge in [-0.2, -0.15) is 0 Å². The zero-order valence-corrected chi connectivity index (χ0v) is 16.4. The number of aliphatic hydroxyl groups excluding tert-OH is 2. The van der Waals surface area contributed by atoms with Gasteiger partial charge in [0, 0.05) is 24.2 Å². The van der Waals surface area contributed by atoms with Crippen LogP contribution in [0.15, 0.2) is 30.5 Å². The molecular weight excluding hydrogens is 410 g/mol. The van der Waals surface area contributed by atoms with Crippen molar-refractivity contribution in [2.45, 2.75) is 44.4 Å². The molecule has 4 atom stereocenters. The number of aromatic nitrogens is 1. The first kappa shape index (κ1) is 21.2. The van der Waals surface area contributed by atoms with E-state index in [1.807, 2.05) is 0 Å². The lowest BCUT2D eigenvalue weighted by molar-refractivity contribution is -0.386. The number of nitro benzene ring substituents is 1. The van der Waals surface area contributed by atoms with Crippen LogP contribution >= 0.6 is 0 Å². The molecule has 0 aliphatic carbocycles. The van der Waals surface area contributed by atoms with Crippen molar-refractivity contribution in [2.24, 2.45) is 5.73 Å². The number of ether oxygens (including phenoxy) is 2. The standard InChI is InChI=1S/C19H23N5O7/c20-19-21-17-16(18(27)22-19)11(6-23(17)15-5-13(26)14(7-25)31-15)9-30-8-10-3-1-2-4-12(10)24(28)29/h1-4,6,13-15,19,21,25-26H,5,7-9,20H2,(H,22,27)/t13?,14-,15-,19?/m1/s1. The van der Waals surface area contributed by atoms with Gasteiger partial charge < -0.3 is 34.9 Å². The van der Waals surface area contributed by atoms with E-state index >= 15 is 0 Å². The van der Waals surface area contributed by atoms with Gasteiger partial charge in [0.25, 0.3) is 11.6 Å². The van der Waals surface area contributed by atoms with Gasteiger partial charge in [-0.25, -0.2) is 0 Å². The van der Waals surface area contributed by atoms with Crippen LogP contribution in [-0.4, -0.2) is 50.7 Å². The predicted molar refractivity (Wildman–Crippen MR) is 107 cm³/mol. The molecule has 1 fully saturated rings. The molecule has 1 aromatic carbocycles. The Labute approximate surface area is 176 Å². The van der Waals surface area contributed by atoms with Crippen LogP contribution in [-0.2, 0) is 22.7 Å². The van der Waals surface area contributed by atoms with Crippen LogP contribution in [0.25, 0.3) is 0 Å². The SMILES string of the molecule is NC1NC(=O)c2c(COCc3ccccc3[N+](=O)[O-])cn([C@H]3CC(O)[C@@H](CO)O3)c2N1. The van der Waals surface area contributed by atoms with E-state index in [0.29, 0.717) is 22.5 Å². The second kappa shape index (κ2) is 8.61. The Morgan fingerprint density at radius 2 is 2.03 bits per heavy atom. The summed E-state index contributed by atoms with van der Waals surface area (Å²) in [5.41, 5.74) is 7.05. The molecule has 12 nitrogen and oxygen atoms in total. The number of carbonyl (C=O) groups excluding carboxylic acids is 1. The number of hydrogen-bond donors (Lipinski definition) is 5. The van der Waals surface area contributed by atoms with Crippen molar-refractivity contribution in [2.75, 3.05) is 11.9 Å². The molecule has 1 amide bonds. The van der Waals surface area contributed by atoms with E-state index in [1.165, 1.54) is 6.07 Å². The first-order valence-corrected chi connectivity index (χ1v) is 9.70. The largest absolute Gasteiger partial charge is 0.394 e. The quantitative estimate of drug-likeness (QED) is 0.301. The number of rotatable bonds is 7. The first-order chi connectivity index (χ1) is 14.9. The third-order valence-corrected chi connectivity index (χ3v) is 5.31. The molecule has 3 heterocycles. The average molecular weight is 433 g/mol. The molecule has 0 bridgehead atoms. The van der Waals surface area contributed by atoms with Gasteiger partial charge >= 0.3 is 0 Å². The van der Waals surface area contributed by atoms with Crippen molar-refractivity contribution < 1.29 is 29.4 Å². The van der Waals surface area contributed by atoms with Crippen molar-refractivity contribution in [3.8, 4) is 0 Å². The van der Waals surface area contributed by atoms with Crippen molar-refractivity contribution in [1.82, 2.24) is 9.88 Å². The Morgan fingerprint density at radius 3 is 2.74 bits per heavy atom. The maximum Gasteiger partial charge on any atom is 0.274 e. The van der Waals surface area contributed by atoms with Gasteiger partial charge in [0.1, 0.15) is 18.1 Å². The highest BCUT2D eigenvalue weighted by molar-refractivity contribution is 6.02. The van der Waals surface area contributed by atoms with Gasteiger partial charge in [-0.05, 0) is 6.07 Å². The van der Waals surface area contributed by atoms with Crippen LogP contribution in [0.1, 0.15) is 34.1 Å². The molecule has 2 aliphatic heterocycles. The maximum atomic E-state index is 12.6. The summed E-state index contributed by atoms with van der Waals surface area (Å²) in [5, 5.41) is 36.1. The van der Waals surface area contributed by atoms with E-state index in [9.17, 15) is 25.1 Å². The fourth-order valence-electron chi connectivity index (χ4n) is 3.84. The van der Waals surface area contributed by atoms with Gasteiger partial charge in [0.05, 0.1) is 42.0 Å². The molecule has 0 saturated carbocycles. The molecular formula is C19H23N5O7. The molecule has 6 N–H and O–H groups in total. The van der Waals surface area contributed by atoms with E-state index in [2.05, 4.69) is 10.6 Å². The Kier molecular flexibility index (Phi) is 5.89. The molecule has 4 rings (SSSR count). The summed E-state index contributed by atoms with van der Waals surface area (Å²) < 4.78 is 13.0. The number of nitrogens with two attached hydrogens (primary N) is 1. The number of amides is 1. The number of fused-ring (bicyclic) bond motifs is 1. The Balaban J connectivity index is 1.57. The number of carbonyl (C=O) groups is 1. The van der Waals surface area contributed by atoms with Gasteiger partial charge in [-0.1, -0.05) is 12.1 Å². The monoisotopic (exact) mass is 433 g/mol. The summed E-state index contributed by atoms with van der Waals surface area (Å²) in [4.78, 5) is 23.3. The second-order valence-electron chi connectivity index (χ2n) is 7.37. The Morgan fingerprint density at radius 1 is 1.29 bits per heavy atom. The lowest BCUT2D eigenvalue weighted by Gasteiger charge is -2.26. The van der Waals surface area contributed by atoms with Crippen LogP contribution in [0, 0.1) is 10.1 Å². The fourth-order valence-corrected chi connectivity index (χ4v) is 3.84. The number of nitro groups is 1. The number of benzene rings is 1. The minimum absolute atomic E-state index is 0.00439. The molecule has 1 saturated heterocycles. The number of anilines is 1. The number of hydrogen-bond acceptors (Lipinski definition) is 9. The number of aliphatic hydroxyl groups is 2. The number of nitrogens with one attached hydrogen (secondary N) is 2. The molecule has 166 valence electrons. The molecule has 2 unspecified atom stereocenters. The zero-order chi connectivity index (χ0) is 22.1. The molecule has 31 heavy (non-hydrogen) atoms. The summed E-state index contributed by atoms with van der Waals surface area (Å²) in [6.45, 7) is -0.346. The molecule has 0 radical (unpaired) electrons. The fraction of sp³-hybridized carbons (Fsp3) is 0.421. The second-order valence-corrected chi connectivity index (χ2v) is 7.37. The first-order valence-electron chi connectivity index (χ1n) is 9.70. The normalized spacial score (nSPS) is 25.1. The minimum atomic E-state index is -0.850. The maximum absolute atomic E-state index is 12.6. The van der Waals surface area contributed by atoms with Crippen molar-refractivity contribution in [1.29, 1.82) is 0 Å². The summed E-state index contributed by atoms with van der Waals surface area (Å²) >= 11 is 0. The van der Waals surface area contributed by atoms with Crippen LogP contribution in [0.3, 0.4) is 0 Å². The van der Waals surface area contributed by atoms with E-state index in [-0.39, 0.29) is 31.9 Å². The summed E-state index contributed by atoms with van der Waals surface area (Å²) in [6.07, 6.45) is -1.12. The Hall–Kier alpha value is -3.03. The van der Waals surface area contributed by atoms with Crippen molar-refractivity contribution in [3.63, 3.8) is 0 Å². The molecule has 1 aromatic heterocycles. The van der Waals surface area contributed by atoms with E-state index in [0.717, 1.165) is 0 Å². The lowest BCUT2D eigenvalue weighted by atomic mass is 10.1. The third kappa shape index (κ3) is 4.11. The van der Waals surface area contributed by atoms with E-state index in [4.69, 9.17) is 15.2 Å². The molecule has 12 heteroatoms. The van der Waals surface area contributed by atoms with Crippen molar-refractivity contribution in [3.05, 3.63) is 57.3 Å². The smallest absolute Gasteiger partial charge is 0.274 e. The zero-order valence-electron chi connectivity index (χ0n) is 16.4. The highest BCUT2D eigenvalue weighted by Crippen LogP contribution is 2.36. The summed E-state index contributed by atoms with van der Waals surface area (Å²) in [7, 11) is 0. The van der Waals surface area contributed by atoms with E-state index < -0.39 is 35.6 Å². The third-order valence-electron chi connectivity index (χ3n) is 5.31. The predicted octanol–water partition coefficient (Wildman–Crippen LogP) is 0.151. The topological polar surface area (TPSA) is 174 Å². The lowest BCUT2D eigenvalue weighted by Crippen LogP contribution is -2.51. The summed E-state index contributed by atoms with van der Waals surface area (Å²) in [5.74, 6) is 0.0119. The Bertz CT molecular complexity index is 994. The summed E-state index contributed by atoms with van der Waals surface area (Å²) in [6, 6.07) is 6.26. The van der Waals surface area contributed by atoms with Crippen molar-refractivity contribution >= 4 is 17.4 Å². The van der Waals surface area contributed by atoms with Crippen LogP contribution in [0.2, 0.25) is 0 Å². The van der Waals surface area contributed by atoms with Gasteiger partial charge in [-0.3, -0.25) is 20.6 Å². The van der Waals surface area contributed by atoms with Gasteiger partial charge in [-0.15, -0.1) is 0 Å². The van der Waals surface area contributed by atoms with Gasteiger partial charge in [0.2, 0.25) is 0 Å². The highest BCUT2D eigenvalue weighted by atomic mass is 16.6. The van der Waals surface area contributed by atoms with Crippen LogP contribution in [0.4, 0.5) is 11.5 Å². The minimum Gasteiger partial charge on any atom is -0.394 e. The van der Waals surface area contributed by atoms with Crippen LogP contribution in [0.5, 0.6) is 0 Å². The highest BCUT2D eigenvalue weighted by Gasteiger charge is 2.38. The number of nitrogens with zero attached hydrogens (tertiary/aromatic N) is 2.